The number of fused-ring (bicyclic) bond motifs is 2. The van der Waals surface area contributed by atoms with Crippen molar-refractivity contribution < 1.29 is 0 Å². The first-order chi connectivity index (χ1) is 17.2. The quantitative estimate of drug-likeness (QED) is 0.325. The highest BCUT2D eigenvalue weighted by Gasteiger charge is 2.56. The van der Waals surface area contributed by atoms with Gasteiger partial charge in [-0.15, -0.1) is 0 Å². The lowest BCUT2D eigenvalue weighted by atomic mass is 9.88. The number of pyridine rings is 1. The van der Waals surface area contributed by atoms with Gasteiger partial charge in [-0.2, -0.15) is 0 Å². The van der Waals surface area contributed by atoms with Gasteiger partial charge in [-0.05, 0) is 60.4 Å². The summed E-state index contributed by atoms with van der Waals surface area (Å²) in [6.07, 6.45) is 12.2. The van der Waals surface area contributed by atoms with Gasteiger partial charge in [0.1, 0.15) is 5.65 Å². The normalized spacial score (nSPS) is 22.1. The molecule has 2 aromatic heterocycles. The lowest BCUT2D eigenvalue weighted by Gasteiger charge is -2.35. The van der Waals surface area contributed by atoms with Crippen LogP contribution in [0.15, 0.2) is 104 Å². The molecule has 1 fully saturated rings. The minimum absolute atomic E-state index is 0.0790. The van der Waals surface area contributed by atoms with E-state index in [1.54, 1.807) is 0 Å². The van der Waals surface area contributed by atoms with Crippen molar-refractivity contribution in [1.29, 1.82) is 0 Å². The third-order valence-corrected chi connectivity index (χ3v) is 7.72. The average molecular weight is 461 g/mol. The van der Waals surface area contributed by atoms with Crippen molar-refractivity contribution in [2.24, 2.45) is 5.92 Å². The summed E-state index contributed by atoms with van der Waals surface area (Å²) in [5.74, 6) is 0.858. The summed E-state index contributed by atoms with van der Waals surface area (Å²) in [7, 11) is 0. The number of aromatic nitrogens is 2. The molecule has 2 aromatic carbocycles. The molecule has 3 atom stereocenters. The summed E-state index contributed by atoms with van der Waals surface area (Å²) >= 11 is 0. The van der Waals surface area contributed by atoms with Gasteiger partial charge in [0.15, 0.2) is 0 Å². The second-order valence-corrected chi connectivity index (χ2v) is 9.70. The van der Waals surface area contributed by atoms with Crippen molar-refractivity contribution in [3.05, 3.63) is 115 Å². The molecule has 4 nitrogen and oxygen atoms in total. The van der Waals surface area contributed by atoms with E-state index in [2.05, 4.69) is 125 Å². The highest BCUT2D eigenvalue weighted by molar-refractivity contribution is 5.78. The Balaban J connectivity index is 1.34. The Bertz CT molecular complexity index is 1380. The van der Waals surface area contributed by atoms with Crippen LogP contribution in [0.2, 0.25) is 0 Å². The molecular weight excluding hydrogens is 428 g/mol. The van der Waals surface area contributed by atoms with Crippen LogP contribution in [0.25, 0.3) is 22.3 Å². The molecule has 0 radical (unpaired) electrons. The van der Waals surface area contributed by atoms with Crippen molar-refractivity contribution >= 4 is 16.6 Å². The van der Waals surface area contributed by atoms with Crippen LogP contribution in [-0.4, -0.2) is 33.2 Å². The molecule has 4 heteroatoms. The monoisotopic (exact) mass is 460 g/mol. The largest absolute Gasteiger partial charge is 0.359 e. The van der Waals surface area contributed by atoms with E-state index in [1.165, 1.54) is 23.1 Å². The SMILES string of the molecule is CCN(/C=C(/c1ccccc1)C(C)c1ccc(-n2ccc3cccnc32)cc1)C12CC1C=CCN2. The topological polar surface area (TPSA) is 33.1 Å². The first kappa shape index (κ1) is 21.9. The fourth-order valence-corrected chi connectivity index (χ4v) is 5.61. The number of hydrogen-bond acceptors (Lipinski definition) is 3. The lowest BCUT2D eigenvalue weighted by molar-refractivity contribution is 0.210. The maximum atomic E-state index is 4.58. The highest BCUT2D eigenvalue weighted by atomic mass is 15.4. The zero-order valence-electron chi connectivity index (χ0n) is 20.4. The third kappa shape index (κ3) is 3.88. The molecule has 4 aromatic rings. The van der Waals surface area contributed by atoms with Crippen LogP contribution in [0.4, 0.5) is 0 Å². The van der Waals surface area contributed by atoms with E-state index in [0.29, 0.717) is 5.92 Å². The zero-order valence-corrected chi connectivity index (χ0v) is 20.4. The van der Waals surface area contributed by atoms with Crippen LogP contribution in [0.3, 0.4) is 0 Å². The summed E-state index contributed by atoms with van der Waals surface area (Å²) in [6.45, 7) is 6.51. The van der Waals surface area contributed by atoms with Gasteiger partial charge in [0.05, 0.1) is 5.66 Å². The van der Waals surface area contributed by atoms with Gasteiger partial charge in [-0.3, -0.25) is 5.32 Å². The average Bonchev–Trinajstić information content (AvgIpc) is 3.52. The Kier molecular flexibility index (Phi) is 5.54. The Morgan fingerprint density at radius 2 is 1.94 bits per heavy atom. The van der Waals surface area contributed by atoms with Crippen molar-refractivity contribution in [3.8, 4) is 5.69 Å². The standard InChI is InChI=1S/C31H32N4/c1-3-34(31-21-27(31)12-8-19-33-31)22-29(25-9-5-4-6-10-25)23(2)24-13-15-28(16-14-24)35-20-17-26-11-7-18-32-30(26)35/h4-18,20,22-23,27,33H,3,19,21H2,1-2H3/b29-22+. The van der Waals surface area contributed by atoms with Gasteiger partial charge in [0.2, 0.25) is 0 Å². The Hall–Kier alpha value is -3.63. The van der Waals surface area contributed by atoms with E-state index in [-0.39, 0.29) is 11.6 Å². The van der Waals surface area contributed by atoms with Crippen LogP contribution < -0.4 is 5.32 Å². The molecule has 3 unspecified atom stereocenters. The van der Waals surface area contributed by atoms with E-state index < -0.39 is 0 Å². The molecule has 0 bridgehead atoms. The predicted octanol–water partition coefficient (Wildman–Crippen LogP) is 6.37. The molecule has 0 saturated heterocycles. The van der Waals surface area contributed by atoms with Crippen LogP contribution >= 0.6 is 0 Å². The summed E-state index contributed by atoms with van der Waals surface area (Å²) in [4.78, 5) is 7.11. The summed E-state index contributed by atoms with van der Waals surface area (Å²) < 4.78 is 2.16. The highest BCUT2D eigenvalue weighted by Crippen LogP contribution is 2.49. The molecule has 176 valence electrons. The van der Waals surface area contributed by atoms with Crippen LogP contribution in [0, 0.1) is 5.92 Å². The van der Waals surface area contributed by atoms with E-state index in [9.17, 15) is 0 Å². The maximum absolute atomic E-state index is 4.58. The number of nitrogens with zero attached hydrogens (tertiary/aromatic N) is 3. The molecule has 1 aliphatic carbocycles. The molecule has 0 spiro atoms. The Morgan fingerprint density at radius 1 is 1.11 bits per heavy atom. The fourth-order valence-electron chi connectivity index (χ4n) is 5.61. The first-order valence-corrected chi connectivity index (χ1v) is 12.7. The van der Waals surface area contributed by atoms with Crippen LogP contribution in [0.1, 0.15) is 37.3 Å². The first-order valence-electron chi connectivity index (χ1n) is 12.7. The number of nitrogens with one attached hydrogen (secondary N) is 1. The van der Waals surface area contributed by atoms with Crippen molar-refractivity contribution in [2.45, 2.75) is 31.8 Å². The van der Waals surface area contributed by atoms with Crippen molar-refractivity contribution in [2.75, 3.05) is 13.1 Å². The van der Waals surface area contributed by atoms with Gasteiger partial charge in [-0.25, -0.2) is 4.98 Å². The molecule has 3 heterocycles. The molecule has 2 aliphatic rings. The van der Waals surface area contributed by atoms with Crippen molar-refractivity contribution in [1.82, 2.24) is 19.8 Å². The maximum Gasteiger partial charge on any atom is 0.144 e. The van der Waals surface area contributed by atoms with Crippen molar-refractivity contribution in [3.63, 3.8) is 0 Å². The van der Waals surface area contributed by atoms with Crippen LogP contribution in [0.5, 0.6) is 0 Å². The van der Waals surface area contributed by atoms with E-state index in [4.69, 9.17) is 0 Å². The second kappa shape index (κ2) is 8.86. The van der Waals surface area contributed by atoms with E-state index in [1.807, 2.05) is 12.3 Å². The summed E-state index contributed by atoms with van der Waals surface area (Å²) in [6, 6.07) is 26.0. The lowest BCUT2D eigenvalue weighted by Crippen LogP contribution is -2.48. The Labute approximate surface area is 207 Å². The smallest absolute Gasteiger partial charge is 0.144 e. The molecular formula is C31H32N4. The van der Waals surface area contributed by atoms with Gasteiger partial charge in [-0.1, -0.05) is 61.5 Å². The van der Waals surface area contributed by atoms with Gasteiger partial charge in [0, 0.05) is 54.6 Å². The van der Waals surface area contributed by atoms with E-state index >= 15 is 0 Å². The molecule has 35 heavy (non-hydrogen) atoms. The molecule has 1 aliphatic heterocycles. The molecule has 0 amide bonds. The molecule has 6 rings (SSSR count). The molecule has 1 saturated carbocycles. The van der Waals surface area contributed by atoms with Gasteiger partial charge < -0.3 is 9.47 Å². The number of rotatable bonds is 7. The van der Waals surface area contributed by atoms with Crippen LogP contribution in [-0.2, 0) is 0 Å². The summed E-state index contributed by atoms with van der Waals surface area (Å²) in [5.41, 5.74) is 6.14. The number of allylic oxidation sites excluding steroid dienone is 1. The third-order valence-electron chi connectivity index (χ3n) is 7.72. The minimum atomic E-state index is 0.0790. The zero-order chi connectivity index (χ0) is 23.8. The Morgan fingerprint density at radius 3 is 2.71 bits per heavy atom. The molecule has 1 N–H and O–H groups in total. The van der Waals surface area contributed by atoms with E-state index in [0.717, 1.165) is 29.8 Å². The van der Waals surface area contributed by atoms with Gasteiger partial charge >= 0.3 is 0 Å². The fraction of sp³-hybridized carbons (Fsp3) is 0.258. The number of hydrogen-bond donors (Lipinski definition) is 1. The van der Waals surface area contributed by atoms with Gasteiger partial charge in [0.25, 0.3) is 0 Å². The predicted molar refractivity (Wildman–Crippen MR) is 144 cm³/mol. The number of benzene rings is 2. The minimum Gasteiger partial charge on any atom is -0.359 e. The second-order valence-electron chi connectivity index (χ2n) is 9.70. The summed E-state index contributed by atoms with van der Waals surface area (Å²) in [5, 5.41) is 4.93.